The number of carbonyl (C=O) groups is 2. The molecule has 0 radical (unpaired) electrons. The van der Waals surface area contributed by atoms with Crippen molar-refractivity contribution in [2.24, 2.45) is 9.50 Å². The first-order valence-electron chi connectivity index (χ1n) is 13.3. The van der Waals surface area contributed by atoms with E-state index < -0.39 is 15.8 Å². The van der Waals surface area contributed by atoms with Crippen LogP contribution < -0.4 is 10.5 Å². The van der Waals surface area contributed by atoms with Crippen LogP contribution in [0.4, 0.5) is 0 Å². The summed E-state index contributed by atoms with van der Waals surface area (Å²) >= 11 is 0. The van der Waals surface area contributed by atoms with Crippen molar-refractivity contribution in [2.75, 3.05) is 26.2 Å². The summed E-state index contributed by atoms with van der Waals surface area (Å²) in [4.78, 5) is 27.6. The summed E-state index contributed by atoms with van der Waals surface area (Å²) in [5, 5.41) is 9.02. The van der Waals surface area contributed by atoms with Gasteiger partial charge in [0.1, 0.15) is 9.92 Å². The largest absolute Gasteiger partial charge is 0.355 e. The fraction of sp³-hybridized carbons (Fsp3) is 0.517. The third kappa shape index (κ3) is 8.48. The Morgan fingerprint density at radius 2 is 1.57 bits per heavy atom. The highest BCUT2D eigenvalue weighted by Gasteiger charge is 2.18. The molecule has 0 bridgehead atoms. The van der Waals surface area contributed by atoms with Crippen LogP contribution in [0.3, 0.4) is 0 Å². The minimum Gasteiger partial charge on any atom is -0.355 e. The number of carbonyl (C=O) groups excluding carboxylic acids is 2. The molecule has 202 valence electrons. The summed E-state index contributed by atoms with van der Waals surface area (Å²) in [6, 6.07) is 13.1. The van der Waals surface area contributed by atoms with Crippen molar-refractivity contribution < 1.29 is 13.8 Å². The van der Waals surface area contributed by atoms with E-state index in [9.17, 15) is 13.8 Å². The van der Waals surface area contributed by atoms with E-state index in [1.807, 2.05) is 30.3 Å². The predicted octanol–water partition coefficient (Wildman–Crippen LogP) is 4.55. The first-order chi connectivity index (χ1) is 17.6. The van der Waals surface area contributed by atoms with Gasteiger partial charge in [0.15, 0.2) is 0 Å². The Balaban J connectivity index is 1.61. The first kappa shape index (κ1) is 29.0. The molecule has 2 amide bonds. The lowest BCUT2D eigenvalue weighted by atomic mass is 9.87. The first-order valence-corrected chi connectivity index (χ1v) is 14.9. The van der Waals surface area contributed by atoms with E-state index in [2.05, 4.69) is 42.3 Å². The molecular formula is C29H42N4O3S. The zero-order valence-corrected chi connectivity index (χ0v) is 23.5. The third-order valence-electron chi connectivity index (χ3n) is 6.87. The van der Waals surface area contributed by atoms with Crippen molar-refractivity contribution in [1.82, 2.24) is 10.2 Å². The predicted molar refractivity (Wildman–Crippen MR) is 150 cm³/mol. The number of nitrogens with two attached hydrogens (primary N) is 1. The number of amides is 2. The molecule has 0 saturated carbocycles. The number of rotatable bonds is 10. The Hall–Kier alpha value is -2.55. The van der Waals surface area contributed by atoms with Crippen molar-refractivity contribution in [3.05, 3.63) is 64.7 Å². The number of nitrogens with zero attached hydrogens (tertiary/aromatic N) is 2. The Labute approximate surface area is 222 Å². The average molecular weight is 527 g/mol. The van der Waals surface area contributed by atoms with Crippen molar-refractivity contribution in [2.45, 2.75) is 76.5 Å². The fourth-order valence-corrected chi connectivity index (χ4v) is 5.87. The number of hydrogen-bond donors (Lipinski definition) is 2. The number of hydrogen-bond acceptors (Lipinski definition) is 4. The summed E-state index contributed by atoms with van der Waals surface area (Å²) in [7, 11) is -3.36. The van der Waals surface area contributed by atoms with Crippen molar-refractivity contribution in [3.63, 3.8) is 0 Å². The minimum atomic E-state index is -3.36. The van der Waals surface area contributed by atoms with Crippen molar-refractivity contribution in [1.29, 1.82) is 0 Å². The highest BCUT2D eigenvalue weighted by molar-refractivity contribution is 7.91. The molecule has 37 heavy (non-hydrogen) atoms. The second-order valence-electron chi connectivity index (χ2n) is 10.5. The molecule has 1 heterocycles. The van der Waals surface area contributed by atoms with Gasteiger partial charge in [0, 0.05) is 6.54 Å². The van der Waals surface area contributed by atoms with E-state index in [4.69, 9.17) is 5.14 Å². The highest BCUT2D eigenvalue weighted by atomic mass is 32.2. The smallest absolute Gasteiger partial charge is 0.259 e. The normalized spacial score (nSPS) is 16.0. The molecule has 3 N–H and O–H groups in total. The quantitative estimate of drug-likeness (QED) is 0.474. The van der Waals surface area contributed by atoms with Crippen molar-refractivity contribution >= 4 is 21.7 Å². The highest BCUT2D eigenvalue weighted by Crippen LogP contribution is 2.28. The van der Waals surface area contributed by atoms with Gasteiger partial charge in [-0.05, 0) is 78.6 Å². The van der Waals surface area contributed by atoms with E-state index in [-0.39, 0.29) is 24.2 Å². The summed E-state index contributed by atoms with van der Waals surface area (Å²) in [5.41, 5.74) is 4.14. The SMILES string of the molecule is CC(C)c1cccc(C(C)C)c1CC(=O)N=S(N)(=O)c1ccc(CCNC(=O)CN2CCCCC2)cc1. The molecule has 2 aromatic carbocycles. The molecule has 1 saturated heterocycles. The Morgan fingerprint density at radius 3 is 2.14 bits per heavy atom. The van der Waals surface area contributed by atoms with E-state index in [1.54, 1.807) is 12.1 Å². The molecule has 2 aromatic rings. The van der Waals surface area contributed by atoms with Crippen LogP contribution in [-0.4, -0.2) is 47.1 Å². The van der Waals surface area contributed by atoms with E-state index in [0.717, 1.165) is 48.2 Å². The molecule has 8 heteroatoms. The second kappa shape index (κ2) is 13.3. The fourth-order valence-electron chi connectivity index (χ4n) is 4.87. The Bertz CT molecular complexity index is 1170. The molecule has 1 unspecified atom stereocenters. The van der Waals surface area contributed by atoms with E-state index in [1.165, 1.54) is 6.42 Å². The van der Waals surface area contributed by atoms with Gasteiger partial charge in [0.25, 0.3) is 5.91 Å². The molecule has 1 fully saturated rings. The van der Waals surface area contributed by atoms with Gasteiger partial charge in [-0.1, -0.05) is 64.4 Å². The minimum absolute atomic E-state index is 0.0421. The van der Waals surface area contributed by atoms with Crippen LogP contribution in [0, 0.1) is 0 Å². The van der Waals surface area contributed by atoms with Gasteiger partial charge < -0.3 is 5.32 Å². The summed E-state index contributed by atoms with van der Waals surface area (Å²) < 4.78 is 17.1. The van der Waals surface area contributed by atoms with Crippen LogP contribution >= 0.6 is 0 Å². The number of nitrogens with one attached hydrogen (secondary N) is 1. The molecule has 1 aliphatic heterocycles. The molecule has 1 atom stereocenters. The van der Waals surface area contributed by atoms with Crippen LogP contribution in [-0.2, 0) is 32.3 Å². The lowest BCUT2D eigenvalue weighted by molar-refractivity contribution is -0.122. The van der Waals surface area contributed by atoms with Crippen LogP contribution in [0.25, 0.3) is 0 Å². The maximum Gasteiger partial charge on any atom is 0.259 e. The van der Waals surface area contributed by atoms with Crippen LogP contribution in [0.5, 0.6) is 0 Å². The lowest BCUT2D eigenvalue weighted by Crippen LogP contribution is -2.40. The molecular weight excluding hydrogens is 484 g/mol. The van der Waals surface area contributed by atoms with Gasteiger partial charge >= 0.3 is 0 Å². The van der Waals surface area contributed by atoms with Gasteiger partial charge in [0.2, 0.25) is 5.91 Å². The lowest BCUT2D eigenvalue weighted by Gasteiger charge is -2.25. The summed E-state index contributed by atoms with van der Waals surface area (Å²) in [6.07, 6.45) is 4.29. The second-order valence-corrected chi connectivity index (χ2v) is 12.3. The van der Waals surface area contributed by atoms with Gasteiger partial charge in [-0.2, -0.15) is 0 Å². The van der Waals surface area contributed by atoms with Crippen molar-refractivity contribution in [3.8, 4) is 0 Å². The monoisotopic (exact) mass is 526 g/mol. The maximum absolute atomic E-state index is 13.2. The molecule has 7 nitrogen and oxygen atoms in total. The average Bonchev–Trinajstić information content (AvgIpc) is 2.84. The molecule has 0 spiro atoms. The van der Waals surface area contributed by atoms with Gasteiger partial charge in [-0.25, -0.2) is 9.35 Å². The molecule has 0 aliphatic carbocycles. The summed E-state index contributed by atoms with van der Waals surface area (Å²) in [5.74, 6) is 0.0696. The summed E-state index contributed by atoms with van der Waals surface area (Å²) in [6.45, 7) is 11.3. The van der Waals surface area contributed by atoms with E-state index in [0.29, 0.717) is 24.4 Å². The molecule has 1 aliphatic rings. The molecule has 0 aromatic heterocycles. The van der Waals surface area contributed by atoms with E-state index >= 15 is 0 Å². The topological polar surface area (TPSA) is 105 Å². The maximum atomic E-state index is 13.2. The Kier molecular flexibility index (Phi) is 10.4. The zero-order chi connectivity index (χ0) is 27.0. The van der Waals surface area contributed by atoms with Crippen LogP contribution in [0.15, 0.2) is 51.7 Å². The number of likely N-dealkylation sites (tertiary alicyclic amines) is 1. The van der Waals surface area contributed by atoms with Gasteiger partial charge in [-0.15, -0.1) is 4.36 Å². The molecule has 3 rings (SSSR count). The van der Waals surface area contributed by atoms with Crippen LogP contribution in [0.2, 0.25) is 0 Å². The standard InChI is InChI=1S/C29H42N4O3S/c1-21(2)25-9-8-10-26(22(3)4)27(25)19-28(34)32-37(30,36)24-13-11-23(12-14-24)15-16-31-29(35)20-33-17-6-5-7-18-33/h8-14,21-22H,5-7,15-20H2,1-4H3,(H,31,35)(H2,30,32,34,36). The van der Waals surface area contributed by atoms with Gasteiger partial charge in [-0.3, -0.25) is 14.5 Å². The third-order valence-corrected chi connectivity index (χ3v) is 8.29. The van der Waals surface area contributed by atoms with Gasteiger partial charge in [0.05, 0.1) is 17.9 Å². The Morgan fingerprint density at radius 1 is 0.973 bits per heavy atom. The van der Waals surface area contributed by atoms with Crippen LogP contribution in [0.1, 0.15) is 81.0 Å². The number of piperidine rings is 1. The zero-order valence-electron chi connectivity index (χ0n) is 22.7. The number of benzene rings is 2.